The predicted octanol–water partition coefficient (Wildman–Crippen LogP) is 3.67. The number of carbonyl (C=O) groups excluding carboxylic acids is 1. The van der Waals surface area contributed by atoms with Gasteiger partial charge < -0.3 is 20.4 Å². The topological polar surface area (TPSA) is 72.8 Å². The first-order valence-corrected chi connectivity index (χ1v) is 12.7. The van der Waals surface area contributed by atoms with Crippen molar-refractivity contribution in [1.29, 1.82) is 0 Å². The van der Waals surface area contributed by atoms with Crippen LogP contribution in [0.15, 0.2) is 23.8 Å². The summed E-state index contributed by atoms with van der Waals surface area (Å²) in [7, 11) is 0. The van der Waals surface area contributed by atoms with Gasteiger partial charge in [0.25, 0.3) is 0 Å². The van der Waals surface area contributed by atoms with E-state index >= 15 is 0 Å². The molecule has 0 aromatic rings. The van der Waals surface area contributed by atoms with Crippen LogP contribution in [0.2, 0.25) is 0 Å². The minimum Gasteiger partial charge on any atom is -0.392 e. The van der Waals surface area contributed by atoms with Gasteiger partial charge in [0.05, 0.1) is 18.8 Å². The third kappa shape index (κ3) is 7.16. The van der Waals surface area contributed by atoms with Crippen molar-refractivity contribution >= 4 is 5.91 Å². The van der Waals surface area contributed by atoms with Gasteiger partial charge in [-0.3, -0.25) is 4.79 Å². The fraction of sp³-hybridized carbons (Fsp3) is 0.808. The first kappa shape index (κ1) is 24.5. The molecule has 176 valence electrons. The van der Waals surface area contributed by atoms with Crippen molar-refractivity contribution in [3.05, 3.63) is 23.8 Å². The van der Waals surface area contributed by atoms with Crippen molar-refractivity contribution in [2.24, 2.45) is 23.7 Å². The van der Waals surface area contributed by atoms with E-state index in [1.807, 2.05) is 11.0 Å². The van der Waals surface area contributed by atoms with Gasteiger partial charge in [0.1, 0.15) is 0 Å². The minimum atomic E-state index is -0.413. The lowest BCUT2D eigenvalue weighted by Gasteiger charge is -2.20. The van der Waals surface area contributed by atoms with Crippen molar-refractivity contribution < 1.29 is 15.0 Å². The maximum atomic E-state index is 12.1. The van der Waals surface area contributed by atoms with Crippen LogP contribution in [0.3, 0.4) is 0 Å². The molecule has 3 aliphatic rings. The van der Waals surface area contributed by atoms with Gasteiger partial charge in [-0.25, -0.2) is 0 Å². The smallest absolute Gasteiger partial charge is 0.236 e. The van der Waals surface area contributed by atoms with E-state index in [-0.39, 0.29) is 17.9 Å². The number of aliphatic hydroxyl groups excluding tert-OH is 2. The predicted molar refractivity (Wildman–Crippen MR) is 126 cm³/mol. The molecule has 0 aromatic carbocycles. The molecule has 5 nitrogen and oxygen atoms in total. The molecule has 1 saturated carbocycles. The van der Waals surface area contributed by atoms with E-state index in [9.17, 15) is 15.0 Å². The van der Waals surface area contributed by atoms with Crippen LogP contribution in [0.5, 0.6) is 0 Å². The van der Waals surface area contributed by atoms with Crippen LogP contribution >= 0.6 is 0 Å². The van der Waals surface area contributed by atoms with E-state index in [4.69, 9.17) is 0 Å². The number of amides is 1. The number of hydrogen-bond donors (Lipinski definition) is 3. The molecule has 2 aliphatic carbocycles. The highest BCUT2D eigenvalue weighted by atomic mass is 16.3. The Hall–Kier alpha value is -1.17. The van der Waals surface area contributed by atoms with Crippen LogP contribution < -0.4 is 5.32 Å². The fourth-order valence-corrected chi connectivity index (χ4v) is 5.73. The van der Waals surface area contributed by atoms with Gasteiger partial charge in [0.2, 0.25) is 5.91 Å². The summed E-state index contributed by atoms with van der Waals surface area (Å²) in [5.74, 6) is 1.81. The van der Waals surface area contributed by atoms with Gasteiger partial charge in [0, 0.05) is 19.0 Å². The van der Waals surface area contributed by atoms with E-state index in [0.29, 0.717) is 24.3 Å². The van der Waals surface area contributed by atoms with Crippen LogP contribution in [0, 0.1) is 23.7 Å². The number of carbonyl (C=O) groups is 1. The zero-order valence-corrected chi connectivity index (χ0v) is 19.6. The number of nitrogens with zero attached hydrogens (tertiary/aromatic N) is 1. The molecule has 0 radical (unpaired) electrons. The lowest BCUT2D eigenvalue weighted by Crippen LogP contribution is -2.36. The molecule has 3 rings (SSSR count). The molecule has 1 heterocycles. The summed E-state index contributed by atoms with van der Waals surface area (Å²) in [6.45, 7) is 7.53. The second-order valence-corrected chi connectivity index (χ2v) is 10.2. The zero-order chi connectivity index (χ0) is 22.2. The number of unbranched alkanes of at least 4 members (excludes halogenated alkanes) is 1. The number of hydrogen-bond acceptors (Lipinski definition) is 4. The Morgan fingerprint density at radius 2 is 2.13 bits per heavy atom. The molecule has 1 saturated heterocycles. The molecule has 0 bridgehead atoms. The van der Waals surface area contributed by atoms with Crippen LogP contribution in [-0.2, 0) is 4.79 Å². The van der Waals surface area contributed by atoms with E-state index in [1.165, 1.54) is 24.8 Å². The first-order valence-electron chi connectivity index (χ1n) is 12.7. The maximum absolute atomic E-state index is 12.1. The summed E-state index contributed by atoms with van der Waals surface area (Å²) < 4.78 is 0. The Bertz CT molecular complexity index is 626. The van der Waals surface area contributed by atoms with E-state index in [2.05, 4.69) is 31.3 Å². The van der Waals surface area contributed by atoms with Crippen molar-refractivity contribution in [1.82, 2.24) is 10.2 Å². The average molecular weight is 433 g/mol. The van der Waals surface area contributed by atoms with Gasteiger partial charge in [-0.15, -0.1) is 0 Å². The molecule has 0 aromatic heterocycles. The molecule has 5 heteroatoms. The second kappa shape index (κ2) is 12.2. The summed E-state index contributed by atoms with van der Waals surface area (Å²) >= 11 is 0. The van der Waals surface area contributed by atoms with Gasteiger partial charge in [-0.2, -0.15) is 0 Å². The third-order valence-electron chi connectivity index (χ3n) is 7.56. The molecule has 2 fully saturated rings. The molecule has 0 unspecified atom stereocenters. The normalized spacial score (nSPS) is 30.1. The molecular formula is C26H44N2O3. The molecule has 1 amide bonds. The Labute approximate surface area is 189 Å². The number of fused-ring (bicyclic) bond motifs is 1. The summed E-state index contributed by atoms with van der Waals surface area (Å²) in [6, 6.07) is 0. The highest BCUT2D eigenvalue weighted by Gasteiger charge is 2.43. The lowest BCUT2D eigenvalue weighted by atomic mass is 9.88. The highest BCUT2D eigenvalue weighted by molar-refractivity contribution is 5.78. The minimum absolute atomic E-state index is 0.143. The number of aliphatic hydroxyl groups is 2. The Morgan fingerprint density at radius 3 is 2.87 bits per heavy atom. The molecule has 31 heavy (non-hydrogen) atoms. The van der Waals surface area contributed by atoms with Gasteiger partial charge >= 0.3 is 0 Å². The maximum Gasteiger partial charge on any atom is 0.236 e. The van der Waals surface area contributed by atoms with E-state index in [0.717, 1.165) is 58.2 Å². The highest BCUT2D eigenvalue weighted by Crippen LogP contribution is 2.47. The molecule has 0 spiro atoms. The van der Waals surface area contributed by atoms with Gasteiger partial charge in [-0.1, -0.05) is 56.9 Å². The SMILES string of the molecule is CCCC[C@H](C)C[C@H](O)/C=C/[C@@H]1[C@H]2CC(CCNCC(=O)N3CCCC3)=C[C@H]2C[C@H]1O. The number of nitrogens with one attached hydrogen (secondary N) is 1. The lowest BCUT2D eigenvalue weighted by molar-refractivity contribution is -0.129. The molecule has 6 atom stereocenters. The van der Waals surface area contributed by atoms with Crippen LogP contribution in [-0.4, -0.2) is 59.4 Å². The van der Waals surface area contributed by atoms with Crippen LogP contribution in [0.25, 0.3) is 0 Å². The van der Waals surface area contributed by atoms with Gasteiger partial charge in [0.15, 0.2) is 0 Å². The number of allylic oxidation sites excluding steroid dienone is 1. The molecule has 3 N–H and O–H groups in total. The molecular weight excluding hydrogens is 388 g/mol. The van der Waals surface area contributed by atoms with Crippen molar-refractivity contribution in [2.75, 3.05) is 26.2 Å². The number of likely N-dealkylation sites (tertiary alicyclic amines) is 1. The summed E-state index contributed by atoms with van der Waals surface area (Å²) in [5.41, 5.74) is 1.45. The van der Waals surface area contributed by atoms with Crippen molar-refractivity contribution in [2.45, 2.75) is 83.8 Å². The van der Waals surface area contributed by atoms with E-state index < -0.39 is 6.10 Å². The van der Waals surface area contributed by atoms with E-state index in [1.54, 1.807) is 0 Å². The first-order chi connectivity index (χ1) is 15.0. The zero-order valence-electron chi connectivity index (χ0n) is 19.6. The largest absolute Gasteiger partial charge is 0.392 e. The fourth-order valence-electron chi connectivity index (χ4n) is 5.73. The summed E-state index contributed by atoms with van der Waals surface area (Å²) in [5, 5.41) is 24.3. The average Bonchev–Trinajstić information content (AvgIpc) is 3.45. The molecule has 1 aliphatic heterocycles. The number of rotatable bonds is 12. The second-order valence-electron chi connectivity index (χ2n) is 10.2. The Kier molecular flexibility index (Phi) is 9.61. The standard InChI is InChI=1S/C26H44N2O3/c1-3-4-7-19(2)14-22(29)8-9-23-24-16-20(15-21(24)17-25(23)30)10-11-27-18-26(31)28-12-5-6-13-28/h8-9,15,19,21-25,27,29-30H,3-7,10-14,16-18H2,1-2H3/b9-8+/t19-,21-,22+,23+,24-,25+/m0/s1. The quantitative estimate of drug-likeness (QED) is 0.325. The van der Waals surface area contributed by atoms with Crippen molar-refractivity contribution in [3.8, 4) is 0 Å². The Balaban J connectivity index is 1.38. The third-order valence-corrected chi connectivity index (χ3v) is 7.56. The summed E-state index contributed by atoms with van der Waals surface area (Å²) in [6.07, 6.45) is 15.2. The Morgan fingerprint density at radius 1 is 1.35 bits per heavy atom. The van der Waals surface area contributed by atoms with Crippen molar-refractivity contribution in [3.63, 3.8) is 0 Å². The monoisotopic (exact) mass is 432 g/mol. The van der Waals surface area contributed by atoms with Crippen LogP contribution in [0.4, 0.5) is 0 Å². The summed E-state index contributed by atoms with van der Waals surface area (Å²) in [4.78, 5) is 14.1. The van der Waals surface area contributed by atoms with Gasteiger partial charge in [-0.05, 0) is 62.8 Å². The van der Waals surface area contributed by atoms with Crippen LogP contribution in [0.1, 0.15) is 71.6 Å².